The van der Waals surface area contributed by atoms with Gasteiger partial charge in [-0.1, -0.05) is 129 Å². The number of rotatable bonds is 25. The highest BCUT2D eigenvalue weighted by Crippen LogP contribution is 2.17. The molecule has 32 heavy (non-hydrogen) atoms. The van der Waals surface area contributed by atoms with Crippen molar-refractivity contribution in [3.8, 4) is 0 Å². The highest BCUT2D eigenvalue weighted by Gasteiger charge is 2.26. The first-order valence-corrected chi connectivity index (χ1v) is 14.6. The zero-order chi connectivity index (χ0) is 23.0. The number of aliphatic hydroxyl groups excluding tert-OH is 1. The summed E-state index contributed by atoms with van der Waals surface area (Å²) in [5.74, 6) is 0. The maximum Gasteiger partial charge on any atom is 0.187 e. The molecule has 0 aromatic heterocycles. The van der Waals surface area contributed by atoms with Crippen LogP contribution in [-0.4, -0.2) is 36.0 Å². The van der Waals surface area contributed by atoms with Crippen molar-refractivity contribution in [1.82, 2.24) is 0 Å². The lowest BCUT2D eigenvalue weighted by molar-refractivity contribution is -0.952. The summed E-state index contributed by atoms with van der Waals surface area (Å²) < 4.78 is 0.854. The zero-order valence-corrected chi connectivity index (χ0v) is 24.4. The molecule has 0 spiro atoms. The Bertz CT molecular complexity index is 350. The average molecular weight is 521 g/mol. The Morgan fingerprint density at radius 2 is 0.688 bits per heavy atom. The van der Waals surface area contributed by atoms with Gasteiger partial charge in [0.25, 0.3) is 0 Å². The minimum atomic E-state index is -0.230. The van der Waals surface area contributed by atoms with Gasteiger partial charge in [-0.25, -0.2) is 0 Å². The number of hydrogen-bond acceptors (Lipinski definition) is 1. The number of aliphatic hydroxyl groups is 1. The standard InChI is InChI=1S/C29H62NO.BrH/c1-5-7-9-11-13-14-15-16-17-18-19-20-21-22-24-26-28-30(4,29(3)31)27-25-23-12-10-8-6-2;/h29,31H,5-28H2,1-4H3;1H/q+1;/p-1. The lowest BCUT2D eigenvalue weighted by Crippen LogP contribution is -3.00. The first-order valence-electron chi connectivity index (χ1n) is 14.6. The van der Waals surface area contributed by atoms with Crippen molar-refractivity contribution in [2.45, 2.75) is 168 Å². The fraction of sp³-hybridized carbons (Fsp3) is 1.00. The predicted octanol–water partition coefficient (Wildman–Crippen LogP) is 6.40. The van der Waals surface area contributed by atoms with E-state index in [2.05, 4.69) is 20.9 Å². The molecule has 196 valence electrons. The summed E-state index contributed by atoms with van der Waals surface area (Å²) in [7, 11) is 2.27. The van der Waals surface area contributed by atoms with E-state index < -0.39 is 0 Å². The lowest BCUT2D eigenvalue weighted by Gasteiger charge is -2.37. The largest absolute Gasteiger partial charge is 1.00 e. The summed E-state index contributed by atoms with van der Waals surface area (Å²) in [6, 6.07) is 0. The second kappa shape index (κ2) is 26.0. The molecule has 3 heteroatoms. The molecule has 2 nitrogen and oxygen atoms in total. The van der Waals surface area contributed by atoms with Crippen LogP contribution in [0, 0.1) is 0 Å². The molecule has 2 unspecified atom stereocenters. The summed E-state index contributed by atoms with van der Waals surface area (Å²) in [6.07, 6.45) is 30.6. The van der Waals surface area contributed by atoms with Gasteiger partial charge in [0.15, 0.2) is 6.23 Å². The third-order valence-corrected chi connectivity index (χ3v) is 7.45. The van der Waals surface area contributed by atoms with Crippen molar-refractivity contribution in [3.05, 3.63) is 0 Å². The van der Waals surface area contributed by atoms with Gasteiger partial charge in [0.2, 0.25) is 0 Å². The first kappa shape index (κ1) is 34.6. The molecule has 0 heterocycles. The molecule has 0 aromatic carbocycles. The van der Waals surface area contributed by atoms with E-state index in [4.69, 9.17) is 0 Å². The third-order valence-electron chi connectivity index (χ3n) is 7.45. The van der Waals surface area contributed by atoms with Gasteiger partial charge >= 0.3 is 0 Å². The Balaban J connectivity index is 0. The van der Waals surface area contributed by atoms with Gasteiger partial charge in [0, 0.05) is 6.92 Å². The van der Waals surface area contributed by atoms with Crippen LogP contribution < -0.4 is 17.0 Å². The summed E-state index contributed by atoms with van der Waals surface area (Å²) in [5.41, 5.74) is 0. The maximum atomic E-state index is 10.3. The third kappa shape index (κ3) is 22.2. The molecule has 0 rings (SSSR count). The van der Waals surface area contributed by atoms with Crippen LogP contribution in [0.2, 0.25) is 0 Å². The van der Waals surface area contributed by atoms with E-state index in [1.54, 1.807) is 0 Å². The number of unbranched alkanes of at least 4 members (excludes halogenated alkanes) is 20. The first-order chi connectivity index (χ1) is 15.1. The summed E-state index contributed by atoms with van der Waals surface area (Å²) >= 11 is 0. The van der Waals surface area contributed by atoms with Crippen molar-refractivity contribution in [2.24, 2.45) is 0 Å². The number of hydrogen-bond donors (Lipinski definition) is 1. The van der Waals surface area contributed by atoms with Gasteiger partial charge in [-0.15, -0.1) is 0 Å². The van der Waals surface area contributed by atoms with E-state index in [0.717, 1.165) is 17.6 Å². The Hall–Kier alpha value is 0.400. The van der Waals surface area contributed by atoms with Gasteiger partial charge < -0.3 is 26.6 Å². The Morgan fingerprint density at radius 3 is 0.906 bits per heavy atom. The monoisotopic (exact) mass is 519 g/mol. The molecule has 0 amide bonds. The van der Waals surface area contributed by atoms with Gasteiger partial charge in [-0.3, -0.25) is 0 Å². The molecule has 0 aromatic rings. The van der Waals surface area contributed by atoms with Gasteiger partial charge in [-0.05, 0) is 25.7 Å². The molecule has 0 fully saturated rings. The average Bonchev–Trinajstić information content (AvgIpc) is 2.75. The SMILES string of the molecule is CCCCCCCCCCCCCCCCCC[N+](C)(CCCCCCCC)C(C)O.[Br-]. The normalized spacial score (nSPS) is 14.2. The quantitative estimate of drug-likeness (QED) is 0.0839. The molecule has 0 saturated carbocycles. The molecular weight excluding hydrogens is 458 g/mol. The maximum absolute atomic E-state index is 10.3. The van der Waals surface area contributed by atoms with E-state index in [-0.39, 0.29) is 23.2 Å². The predicted molar refractivity (Wildman–Crippen MR) is 141 cm³/mol. The highest BCUT2D eigenvalue weighted by molar-refractivity contribution is 4.51. The van der Waals surface area contributed by atoms with Crippen molar-refractivity contribution in [2.75, 3.05) is 20.1 Å². The Labute approximate surface area is 214 Å². The highest BCUT2D eigenvalue weighted by atomic mass is 79.9. The fourth-order valence-electron chi connectivity index (χ4n) is 4.76. The Morgan fingerprint density at radius 1 is 0.469 bits per heavy atom. The number of nitrogens with zero attached hydrogens (tertiary/aromatic N) is 1. The van der Waals surface area contributed by atoms with Crippen LogP contribution in [0.15, 0.2) is 0 Å². The van der Waals surface area contributed by atoms with Crippen molar-refractivity contribution >= 4 is 0 Å². The van der Waals surface area contributed by atoms with Gasteiger partial charge in [0.1, 0.15) is 0 Å². The zero-order valence-electron chi connectivity index (χ0n) is 22.8. The van der Waals surface area contributed by atoms with Crippen LogP contribution in [0.3, 0.4) is 0 Å². The molecule has 0 radical (unpaired) electrons. The van der Waals surface area contributed by atoms with Crippen LogP contribution >= 0.6 is 0 Å². The van der Waals surface area contributed by atoms with Crippen LogP contribution in [-0.2, 0) is 0 Å². The van der Waals surface area contributed by atoms with Gasteiger partial charge in [-0.2, -0.15) is 0 Å². The van der Waals surface area contributed by atoms with Crippen LogP contribution in [0.5, 0.6) is 0 Å². The van der Waals surface area contributed by atoms with Crippen LogP contribution in [0.4, 0.5) is 0 Å². The van der Waals surface area contributed by atoms with Crippen molar-refractivity contribution in [1.29, 1.82) is 0 Å². The molecule has 0 aliphatic rings. The lowest BCUT2D eigenvalue weighted by atomic mass is 10.0. The van der Waals surface area contributed by atoms with Gasteiger partial charge in [0.05, 0.1) is 20.1 Å². The minimum absolute atomic E-state index is 0. The summed E-state index contributed by atoms with van der Waals surface area (Å²) in [6.45, 7) is 8.85. The molecule has 0 aliphatic carbocycles. The van der Waals surface area contributed by atoms with E-state index >= 15 is 0 Å². The molecule has 2 atom stereocenters. The Kier molecular flexibility index (Phi) is 28.1. The molecule has 1 N–H and O–H groups in total. The fourth-order valence-corrected chi connectivity index (χ4v) is 4.76. The van der Waals surface area contributed by atoms with E-state index in [9.17, 15) is 5.11 Å². The van der Waals surface area contributed by atoms with Crippen LogP contribution in [0.1, 0.15) is 162 Å². The molecule has 0 bridgehead atoms. The summed E-state index contributed by atoms with van der Waals surface area (Å²) in [5, 5.41) is 10.3. The molecule has 0 saturated heterocycles. The summed E-state index contributed by atoms with van der Waals surface area (Å²) in [4.78, 5) is 0. The molecule has 0 aliphatic heterocycles. The second-order valence-electron chi connectivity index (χ2n) is 10.6. The van der Waals surface area contributed by atoms with Crippen LogP contribution in [0.25, 0.3) is 0 Å². The van der Waals surface area contributed by atoms with E-state index in [1.165, 1.54) is 141 Å². The van der Waals surface area contributed by atoms with E-state index in [1.807, 2.05) is 6.92 Å². The van der Waals surface area contributed by atoms with E-state index in [0.29, 0.717) is 0 Å². The minimum Gasteiger partial charge on any atom is -1.00 e. The second-order valence-corrected chi connectivity index (χ2v) is 10.6. The van der Waals surface area contributed by atoms with Crippen molar-refractivity contribution < 1.29 is 26.6 Å². The smallest absolute Gasteiger partial charge is 0.187 e. The number of quaternary nitrogens is 1. The van der Waals surface area contributed by atoms with Crippen molar-refractivity contribution in [3.63, 3.8) is 0 Å². The molecular formula is C29H62BrNO. The number of halogens is 1. The topological polar surface area (TPSA) is 20.2 Å².